The summed E-state index contributed by atoms with van der Waals surface area (Å²) >= 11 is 2.74. The van der Waals surface area contributed by atoms with Crippen LogP contribution in [0.4, 0.5) is 0 Å². The maximum absolute atomic E-state index is 4.91. The van der Waals surface area contributed by atoms with E-state index in [1.165, 1.54) is 0 Å². The van der Waals surface area contributed by atoms with E-state index in [1.807, 2.05) is 43.3 Å². The van der Waals surface area contributed by atoms with Crippen molar-refractivity contribution >= 4 is 10.6 Å². The molecule has 0 saturated carbocycles. The summed E-state index contributed by atoms with van der Waals surface area (Å²) in [6.45, 7) is 1.98. The standard InChI is InChI=1S/C13H12O.Cr/c1-12(7-6-10-14-2)11-13-8-4-3-5-9-13;/h3-5,8-9,11H,1-2H3;/b12-11+;. The fourth-order valence-electron chi connectivity index (χ4n) is 1.04. The molecule has 0 aliphatic rings. The van der Waals surface area contributed by atoms with E-state index in [9.17, 15) is 0 Å². The normalized spacial score (nSPS) is 10.4. The van der Waals surface area contributed by atoms with Crippen molar-refractivity contribution < 1.29 is 20.6 Å². The van der Waals surface area contributed by atoms with Crippen LogP contribution < -0.4 is 0 Å². The Morgan fingerprint density at radius 1 is 1.27 bits per heavy atom. The van der Waals surface area contributed by atoms with Gasteiger partial charge in [0.1, 0.15) is 0 Å². The summed E-state index contributed by atoms with van der Waals surface area (Å²) in [7, 11) is 1.59. The molecule has 0 heterocycles. The molecule has 15 heavy (non-hydrogen) atoms. The summed E-state index contributed by atoms with van der Waals surface area (Å²) in [6, 6.07) is 10.1. The number of hydrogen-bond donors (Lipinski definition) is 0. The zero-order chi connectivity index (χ0) is 11.1. The molecule has 0 N–H and O–H groups in total. The fraction of sp³-hybridized carbons (Fsp3) is 0.154. The predicted octanol–water partition coefficient (Wildman–Crippen LogP) is 2.42. The summed E-state index contributed by atoms with van der Waals surface area (Å²) in [5, 5.41) is 0. The van der Waals surface area contributed by atoms with Crippen molar-refractivity contribution in [2.75, 3.05) is 7.11 Å². The third-order valence-electron chi connectivity index (χ3n) is 1.73. The van der Waals surface area contributed by atoms with Crippen LogP contribution in [0.15, 0.2) is 35.9 Å². The number of allylic oxidation sites excluding steroid dienone is 1. The molecular formula is C13H12CrO. The Balaban J connectivity index is 2.76. The number of benzene rings is 1. The minimum absolute atomic E-state index is 0.607. The van der Waals surface area contributed by atoms with Gasteiger partial charge in [0.15, 0.2) is 0 Å². The van der Waals surface area contributed by atoms with E-state index in [0.29, 0.717) is 4.57 Å². The van der Waals surface area contributed by atoms with Crippen molar-refractivity contribution in [2.45, 2.75) is 6.92 Å². The van der Waals surface area contributed by atoms with Gasteiger partial charge < -0.3 is 0 Å². The minimum atomic E-state index is 0.607. The van der Waals surface area contributed by atoms with Crippen molar-refractivity contribution in [2.24, 2.45) is 0 Å². The van der Waals surface area contributed by atoms with Crippen molar-refractivity contribution in [3.05, 3.63) is 41.5 Å². The zero-order valence-electron chi connectivity index (χ0n) is 8.78. The summed E-state index contributed by atoms with van der Waals surface area (Å²) in [5.41, 5.74) is 2.16. The van der Waals surface area contributed by atoms with Crippen LogP contribution in [-0.2, 0) is 20.6 Å². The van der Waals surface area contributed by atoms with Crippen LogP contribution in [0.1, 0.15) is 12.5 Å². The number of hydrogen-bond acceptors (Lipinski definition) is 1. The van der Waals surface area contributed by atoms with E-state index < -0.39 is 0 Å². The molecule has 0 saturated heterocycles. The van der Waals surface area contributed by atoms with Crippen molar-refractivity contribution in [1.29, 1.82) is 0 Å². The molecule has 0 fully saturated rings. The fourth-order valence-corrected chi connectivity index (χ4v) is 1.12. The summed E-state index contributed by atoms with van der Waals surface area (Å²) < 4.78 is 5.52. The molecule has 0 amide bonds. The Morgan fingerprint density at radius 3 is 2.53 bits per heavy atom. The zero-order valence-corrected chi connectivity index (χ0v) is 10.1. The second-order valence-corrected chi connectivity index (χ2v) is 3.56. The van der Waals surface area contributed by atoms with E-state index in [4.69, 9.17) is 4.74 Å². The van der Waals surface area contributed by atoms with Crippen LogP contribution in [0.25, 0.3) is 6.08 Å². The van der Waals surface area contributed by atoms with Gasteiger partial charge in [-0.05, 0) is 0 Å². The van der Waals surface area contributed by atoms with Crippen LogP contribution in [0, 0.1) is 11.8 Å². The first-order valence-electron chi connectivity index (χ1n) is 4.55. The van der Waals surface area contributed by atoms with Gasteiger partial charge in [0.2, 0.25) is 0 Å². The quantitative estimate of drug-likeness (QED) is 0.716. The first kappa shape index (κ1) is 12.0. The Morgan fingerprint density at radius 2 is 1.93 bits per heavy atom. The molecule has 1 nitrogen and oxygen atoms in total. The Kier molecular flexibility index (Phi) is 5.09. The van der Waals surface area contributed by atoms with E-state index in [1.54, 1.807) is 7.11 Å². The molecule has 0 aliphatic heterocycles. The summed E-state index contributed by atoms with van der Waals surface area (Å²) in [4.78, 5) is 0. The first-order valence-corrected chi connectivity index (χ1v) is 5.19. The second-order valence-electron chi connectivity index (χ2n) is 2.98. The van der Waals surface area contributed by atoms with Gasteiger partial charge in [0.05, 0.1) is 0 Å². The van der Waals surface area contributed by atoms with Gasteiger partial charge in [0.25, 0.3) is 0 Å². The topological polar surface area (TPSA) is 9.23 Å². The molecule has 1 aromatic rings. The van der Waals surface area contributed by atoms with E-state index in [-0.39, 0.29) is 0 Å². The SMILES string of the molecule is CO[C](=[Cr])C#C/C(C)=C/c1ccccc1. The molecular weight excluding hydrogens is 224 g/mol. The average molecular weight is 236 g/mol. The van der Waals surface area contributed by atoms with Crippen LogP contribution in [-0.4, -0.2) is 11.7 Å². The van der Waals surface area contributed by atoms with Crippen LogP contribution >= 0.6 is 0 Å². The van der Waals surface area contributed by atoms with E-state index in [2.05, 4.69) is 27.7 Å². The Labute approximate surface area is 98.7 Å². The third kappa shape index (κ3) is 4.77. The molecule has 0 spiro atoms. The molecule has 1 aromatic carbocycles. The van der Waals surface area contributed by atoms with Crippen LogP contribution in [0.2, 0.25) is 0 Å². The molecule has 0 aliphatic carbocycles. The van der Waals surface area contributed by atoms with Gasteiger partial charge in [-0.25, -0.2) is 0 Å². The van der Waals surface area contributed by atoms with E-state index >= 15 is 0 Å². The molecule has 0 unspecified atom stereocenters. The molecule has 0 bridgehead atoms. The molecule has 0 aromatic heterocycles. The van der Waals surface area contributed by atoms with Crippen molar-refractivity contribution in [1.82, 2.24) is 0 Å². The molecule has 0 radical (unpaired) electrons. The summed E-state index contributed by atoms with van der Waals surface area (Å²) in [5.74, 6) is 5.87. The molecule has 0 atom stereocenters. The first-order chi connectivity index (χ1) is 7.22. The van der Waals surface area contributed by atoms with Crippen LogP contribution in [0.5, 0.6) is 0 Å². The van der Waals surface area contributed by atoms with Crippen molar-refractivity contribution in [3.8, 4) is 11.8 Å². The van der Waals surface area contributed by atoms with Gasteiger partial charge in [0, 0.05) is 0 Å². The molecule has 76 valence electrons. The van der Waals surface area contributed by atoms with Gasteiger partial charge in [-0.15, -0.1) is 0 Å². The number of ether oxygens (including phenoxy) is 1. The Hall–Kier alpha value is -1.12. The Bertz CT molecular complexity index is 421. The summed E-state index contributed by atoms with van der Waals surface area (Å²) in [6.07, 6.45) is 2.04. The molecule has 2 heteroatoms. The van der Waals surface area contributed by atoms with Gasteiger partial charge >= 0.3 is 98.6 Å². The van der Waals surface area contributed by atoms with Crippen molar-refractivity contribution in [3.63, 3.8) is 0 Å². The second kappa shape index (κ2) is 6.38. The molecule has 1 rings (SSSR count). The average Bonchev–Trinajstić information content (AvgIpc) is 2.27. The van der Waals surface area contributed by atoms with Gasteiger partial charge in [-0.2, -0.15) is 0 Å². The van der Waals surface area contributed by atoms with E-state index in [0.717, 1.165) is 11.1 Å². The van der Waals surface area contributed by atoms with Crippen LogP contribution in [0.3, 0.4) is 0 Å². The monoisotopic (exact) mass is 236 g/mol. The van der Waals surface area contributed by atoms with Gasteiger partial charge in [-0.1, -0.05) is 0 Å². The number of rotatable bonds is 2. The van der Waals surface area contributed by atoms with Gasteiger partial charge in [-0.3, -0.25) is 0 Å². The number of methoxy groups -OCH3 is 1. The third-order valence-corrected chi connectivity index (χ3v) is 2.15. The predicted molar refractivity (Wildman–Crippen MR) is 59.9 cm³/mol. The maximum atomic E-state index is 4.91.